The molecule has 2 amide bonds. The molecule has 0 aromatic heterocycles. The van der Waals surface area contributed by atoms with Crippen LogP contribution in [0.5, 0.6) is 5.75 Å². The molecule has 32 heavy (non-hydrogen) atoms. The van der Waals surface area contributed by atoms with Gasteiger partial charge in [0.15, 0.2) is 0 Å². The van der Waals surface area contributed by atoms with Gasteiger partial charge in [-0.1, -0.05) is 0 Å². The lowest BCUT2D eigenvalue weighted by atomic mass is 9.98. The molecule has 3 aliphatic rings. The zero-order chi connectivity index (χ0) is 22.7. The highest BCUT2D eigenvalue weighted by Crippen LogP contribution is 2.26. The van der Waals surface area contributed by atoms with E-state index in [1.165, 1.54) is 23.5 Å². The number of piperidine rings is 1. The van der Waals surface area contributed by atoms with Crippen LogP contribution in [0.15, 0.2) is 29.2 Å². The van der Waals surface area contributed by atoms with Crippen LogP contribution in [0.3, 0.4) is 0 Å². The van der Waals surface area contributed by atoms with Crippen molar-refractivity contribution in [2.24, 2.45) is 5.92 Å². The molecule has 1 aliphatic carbocycles. The van der Waals surface area contributed by atoms with Gasteiger partial charge in [-0.2, -0.15) is 4.31 Å². The van der Waals surface area contributed by atoms with Gasteiger partial charge in [-0.15, -0.1) is 0 Å². The molecule has 176 valence electrons. The molecule has 2 aliphatic heterocycles. The minimum absolute atomic E-state index is 0.0155. The van der Waals surface area contributed by atoms with Gasteiger partial charge in [-0.05, 0) is 49.9 Å². The summed E-state index contributed by atoms with van der Waals surface area (Å²) in [6.07, 6.45) is 3.49. The molecule has 1 atom stereocenters. The monoisotopic (exact) mass is 464 g/mol. The van der Waals surface area contributed by atoms with Crippen molar-refractivity contribution in [2.75, 3.05) is 52.9 Å². The molecule has 2 saturated heterocycles. The molecule has 10 heteroatoms. The summed E-state index contributed by atoms with van der Waals surface area (Å²) in [6.45, 7) is 3.44. The zero-order valence-corrected chi connectivity index (χ0v) is 19.3. The van der Waals surface area contributed by atoms with E-state index >= 15 is 0 Å². The fraction of sp³-hybridized carbons (Fsp3) is 0.636. The minimum atomic E-state index is -3.66. The van der Waals surface area contributed by atoms with Gasteiger partial charge in [-0.25, -0.2) is 8.42 Å². The van der Waals surface area contributed by atoms with Gasteiger partial charge in [0.2, 0.25) is 21.8 Å². The smallest absolute Gasteiger partial charge is 0.243 e. The number of carbonyl (C=O) groups is 2. The number of rotatable bonds is 7. The van der Waals surface area contributed by atoms with Crippen LogP contribution in [0, 0.1) is 5.92 Å². The summed E-state index contributed by atoms with van der Waals surface area (Å²) in [4.78, 5) is 29.2. The van der Waals surface area contributed by atoms with Crippen molar-refractivity contribution >= 4 is 21.8 Å². The maximum Gasteiger partial charge on any atom is 0.243 e. The predicted molar refractivity (Wildman–Crippen MR) is 119 cm³/mol. The Kier molecular flexibility index (Phi) is 7.02. The van der Waals surface area contributed by atoms with Crippen molar-refractivity contribution in [1.82, 2.24) is 19.4 Å². The van der Waals surface area contributed by atoms with Gasteiger partial charge in [0.1, 0.15) is 5.75 Å². The van der Waals surface area contributed by atoms with Crippen molar-refractivity contribution in [3.8, 4) is 5.75 Å². The third-order valence-corrected chi connectivity index (χ3v) is 8.30. The highest BCUT2D eigenvalue weighted by atomic mass is 32.2. The van der Waals surface area contributed by atoms with Gasteiger partial charge in [0.25, 0.3) is 0 Å². The van der Waals surface area contributed by atoms with Gasteiger partial charge >= 0.3 is 0 Å². The third-order valence-electron chi connectivity index (χ3n) is 6.42. The Morgan fingerprint density at radius 3 is 2.34 bits per heavy atom. The van der Waals surface area contributed by atoms with Crippen molar-refractivity contribution < 1.29 is 22.7 Å². The fourth-order valence-electron chi connectivity index (χ4n) is 4.35. The predicted octanol–water partition coefficient (Wildman–Crippen LogP) is 0.519. The third kappa shape index (κ3) is 5.41. The van der Waals surface area contributed by atoms with E-state index in [0.717, 1.165) is 12.8 Å². The molecule has 0 spiro atoms. The number of sulfonamides is 1. The van der Waals surface area contributed by atoms with E-state index in [9.17, 15) is 18.0 Å². The summed E-state index contributed by atoms with van der Waals surface area (Å²) in [5.41, 5.74) is 0. The van der Waals surface area contributed by atoms with Crippen LogP contribution in [0.25, 0.3) is 0 Å². The Morgan fingerprint density at radius 1 is 1.03 bits per heavy atom. The van der Waals surface area contributed by atoms with Crippen LogP contribution < -0.4 is 10.1 Å². The summed E-state index contributed by atoms with van der Waals surface area (Å²) in [5.74, 6) is 0.335. The maximum absolute atomic E-state index is 13.1. The lowest BCUT2D eigenvalue weighted by Crippen LogP contribution is -2.54. The first kappa shape index (κ1) is 23.0. The minimum Gasteiger partial charge on any atom is -0.497 e. The molecule has 1 aromatic carbocycles. The summed E-state index contributed by atoms with van der Waals surface area (Å²) in [7, 11) is -2.12. The first-order valence-corrected chi connectivity index (χ1v) is 12.8. The number of piperazine rings is 1. The Bertz CT molecular complexity index is 924. The van der Waals surface area contributed by atoms with Crippen LogP contribution in [0.1, 0.15) is 25.7 Å². The number of nitrogens with one attached hydrogen (secondary N) is 1. The fourth-order valence-corrected chi connectivity index (χ4v) is 5.87. The highest BCUT2D eigenvalue weighted by molar-refractivity contribution is 7.89. The molecule has 1 unspecified atom stereocenters. The number of benzene rings is 1. The summed E-state index contributed by atoms with van der Waals surface area (Å²) in [6, 6.07) is 6.69. The van der Waals surface area contributed by atoms with Crippen LogP contribution >= 0.6 is 0 Å². The lowest BCUT2D eigenvalue weighted by molar-refractivity contribution is -0.138. The van der Waals surface area contributed by atoms with Gasteiger partial charge in [-0.3, -0.25) is 14.5 Å². The van der Waals surface area contributed by atoms with E-state index in [-0.39, 0.29) is 29.2 Å². The summed E-state index contributed by atoms with van der Waals surface area (Å²) in [5, 5.41) is 3.00. The second-order valence-corrected chi connectivity index (χ2v) is 10.8. The van der Waals surface area contributed by atoms with Gasteiger partial charge in [0.05, 0.1) is 24.5 Å². The second kappa shape index (κ2) is 9.76. The van der Waals surface area contributed by atoms with E-state index in [0.29, 0.717) is 63.9 Å². The standard InChI is InChI=1S/C22H32N4O5S/c1-31-19-6-8-20(9-7-19)32(29,30)26-10-2-3-17(15-26)22(28)25-13-11-24(12-14-25)16-21(27)23-18-4-5-18/h6-9,17-18H,2-5,10-16H2,1H3,(H,23,27). The molecule has 0 bridgehead atoms. The van der Waals surface area contributed by atoms with Crippen LogP contribution in [-0.2, 0) is 19.6 Å². The normalized spacial score (nSPS) is 23.0. The lowest BCUT2D eigenvalue weighted by Gasteiger charge is -2.38. The number of methoxy groups -OCH3 is 1. The van der Waals surface area contributed by atoms with E-state index in [1.807, 2.05) is 4.90 Å². The number of amides is 2. The SMILES string of the molecule is COc1ccc(S(=O)(=O)N2CCCC(C(=O)N3CCN(CC(=O)NC4CC4)CC3)C2)cc1. The highest BCUT2D eigenvalue weighted by Gasteiger charge is 2.36. The molecule has 1 aromatic rings. The van der Waals surface area contributed by atoms with Crippen molar-refractivity contribution in [3.63, 3.8) is 0 Å². The number of hydrogen-bond acceptors (Lipinski definition) is 6. The average Bonchev–Trinajstić information content (AvgIpc) is 3.63. The zero-order valence-electron chi connectivity index (χ0n) is 18.5. The molecule has 0 radical (unpaired) electrons. The summed E-state index contributed by atoms with van der Waals surface area (Å²) < 4.78 is 32.7. The van der Waals surface area contributed by atoms with Crippen LogP contribution in [0.2, 0.25) is 0 Å². The molecule has 2 heterocycles. The second-order valence-electron chi connectivity index (χ2n) is 8.82. The van der Waals surface area contributed by atoms with Crippen molar-refractivity contribution in [2.45, 2.75) is 36.6 Å². The first-order valence-electron chi connectivity index (χ1n) is 11.3. The molecule has 1 N–H and O–H groups in total. The topological polar surface area (TPSA) is 99.3 Å². The molecular weight excluding hydrogens is 432 g/mol. The van der Waals surface area contributed by atoms with E-state index in [1.54, 1.807) is 12.1 Å². The van der Waals surface area contributed by atoms with E-state index < -0.39 is 10.0 Å². The molecular formula is C22H32N4O5S. The van der Waals surface area contributed by atoms with Gasteiger partial charge < -0.3 is 15.0 Å². The number of ether oxygens (including phenoxy) is 1. The quantitative estimate of drug-likeness (QED) is 0.632. The number of hydrogen-bond donors (Lipinski definition) is 1. The molecule has 1 saturated carbocycles. The van der Waals surface area contributed by atoms with Crippen LogP contribution in [-0.4, -0.2) is 93.3 Å². The molecule has 3 fully saturated rings. The average molecular weight is 465 g/mol. The van der Waals surface area contributed by atoms with E-state index in [2.05, 4.69) is 10.2 Å². The Balaban J connectivity index is 1.30. The van der Waals surface area contributed by atoms with E-state index in [4.69, 9.17) is 4.74 Å². The molecule has 4 rings (SSSR count). The van der Waals surface area contributed by atoms with Crippen molar-refractivity contribution in [3.05, 3.63) is 24.3 Å². The van der Waals surface area contributed by atoms with Crippen LogP contribution in [0.4, 0.5) is 0 Å². The number of carbonyl (C=O) groups excluding carboxylic acids is 2. The Hall–Kier alpha value is -2.17. The Morgan fingerprint density at radius 2 is 1.72 bits per heavy atom. The number of nitrogens with zero attached hydrogens (tertiary/aromatic N) is 3. The first-order chi connectivity index (χ1) is 15.4. The maximum atomic E-state index is 13.1. The van der Waals surface area contributed by atoms with Gasteiger partial charge in [0, 0.05) is 45.3 Å². The summed E-state index contributed by atoms with van der Waals surface area (Å²) >= 11 is 0. The molecule has 9 nitrogen and oxygen atoms in total. The van der Waals surface area contributed by atoms with Crippen molar-refractivity contribution in [1.29, 1.82) is 0 Å². The Labute approximate surface area is 189 Å². The largest absolute Gasteiger partial charge is 0.497 e.